The van der Waals surface area contributed by atoms with Crippen molar-refractivity contribution in [2.75, 3.05) is 0 Å². The largest absolute Gasteiger partial charge is 0.309 e. The summed E-state index contributed by atoms with van der Waals surface area (Å²) in [4.78, 5) is 10.6. The van der Waals surface area contributed by atoms with Crippen molar-refractivity contribution in [1.29, 1.82) is 0 Å². The number of para-hydroxylation sites is 2. The highest BCUT2D eigenvalue weighted by atomic mass is 15.0. The number of aromatic nitrogens is 3. The lowest BCUT2D eigenvalue weighted by Gasteiger charge is -2.21. The van der Waals surface area contributed by atoms with Crippen molar-refractivity contribution >= 4 is 32.6 Å². The number of benzene rings is 8. The van der Waals surface area contributed by atoms with Gasteiger partial charge in [-0.3, -0.25) is 0 Å². The second-order valence-corrected chi connectivity index (χ2v) is 15.4. The Kier molecular flexibility index (Phi) is 7.20. The van der Waals surface area contributed by atoms with E-state index in [-0.39, 0.29) is 5.41 Å². The molecule has 0 saturated heterocycles. The van der Waals surface area contributed by atoms with Gasteiger partial charge in [-0.25, -0.2) is 9.97 Å². The van der Waals surface area contributed by atoms with Gasteiger partial charge in [0.15, 0.2) is 5.82 Å². The first kappa shape index (κ1) is 32.3. The molecule has 10 aromatic rings. The zero-order chi connectivity index (χ0) is 37.4. The monoisotopic (exact) mass is 715 g/mol. The van der Waals surface area contributed by atoms with E-state index >= 15 is 0 Å². The van der Waals surface area contributed by atoms with Crippen molar-refractivity contribution in [2.24, 2.45) is 0 Å². The van der Waals surface area contributed by atoms with Gasteiger partial charge < -0.3 is 4.57 Å². The lowest BCUT2D eigenvalue weighted by molar-refractivity contribution is 0.660. The van der Waals surface area contributed by atoms with E-state index in [1.54, 1.807) is 0 Å². The van der Waals surface area contributed by atoms with Crippen molar-refractivity contribution < 1.29 is 0 Å². The van der Waals surface area contributed by atoms with Crippen LogP contribution in [0.1, 0.15) is 25.0 Å². The molecule has 0 fully saturated rings. The molecule has 264 valence electrons. The highest BCUT2D eigenvalue weighted by molar-refractivity contribution is 6.16. The summed E-state index contributed by atoms with van der Waals surface area (Å²) in [5, 5.41) is 4.73. The Bertz CT molecular complexity index is 3150. The summed E-state index contributed by atoms with van der Waals surface area (Å²) in [5.41, 5.74) is 16.2. The van der Waals surface area contributed by atoms with Crippen molar-refractivity contribution in [3.8, 4) is 61.8 Å². The molecule has 0 radical (unpaired) electrons. The normalized spacial score (nSPS) is 13.0. The van der Waals surface area contributed by atoms with Crippen molar-refractivity contribution in [3.05, 3.63) is 199 Å². The average molecular weight is 716 g/mol. The maximum atomic E-state index is 5.33. The van der Waals surface area contributed by atoms with Gasteiger partial charge >= 0.3 is 0 Å². The molecular weight excluding hydrogens is 679 g/mol. The van der Waals surface area contributed by atoms with Crippen LogP contribution in [0.4, 0.5) is 0 Å². The van der Waals surface area contributed by atoms with E-state index in [4.69, 9.17) is 9.97 Å². The molecule has 0 spiro atoms. The molecule has 1 aliphatic carbocycles. The molecule has 2 heterocycles. The second kappa shape index (κ2) is 12.5. The van der Waals surface area contributed by atoms with Crippen molar-refractivity contribution in [2.45, 2.75) is 19.3 Å². The summed E-state index contributed by atoms with van der Waals surface area (Å²) in [5.74, 6) is 0.704. The maximum absolute atomic E-state index is 5.33. The first-order valence-electron chi connectivity index (χ1n) is 19.3. The minimum absolute atomic E-state index is 0.0294. The molecule has 3 nitrogen and oxygen atoms in total. The number of hydrogen-bond donors (Lipinski definition) is 0. The third kappa shape index (κ3) is 4.91. The fourth-order valence-electron chi connectivity index (χ4n) is 9.19. The summed E-state index contributed by atoms with van der Waals surface area (Å²) >= 11 is 0. The maximum Gasteiger partial charge on any atom is 0.160 e. The van der Waals surface area contributed by atoms with E-state index in [2.05, 4.69) is 200 Å². The summed E-state index contributed by atoms with van der Waals surface area (Å²) in [6.07, 6.45) is 0. The fraction of sp³-hybridized carbons (Fsp3) is 0.0566. The van der Waals surface area contributed by atoms with Crippen LogP contribution in [0.2, 0.25) is 0 Å². The Labute approximate surface area is 326 Å². The standard InChI is InChI=1S/C53H37N3/c1-53(2)45-25-13-11-22-40(45)44-32-35(28-31-46(44)53)37-29-30-41(39-21-10-9-20-38(37)39)47-33-48(55-52(54-47)34-16-5-3-6-17-34)42-24-15-27-50-51(42)43-23-12-14-26-49(43)56(50)36-18-7-4-8-19-36/h3-33H,1-2H3. The number of nitrogens with zero attached hydrogens (tertiary/aromatic N) is 3. The van der Waals surface area contributed by atoms with Crippen molar-refractivity contribution in [3.63, 3.8) is 0 Å². The smallest absolute Gasteiger partial charge is 0.160 e. The van der Waals surface area contributed by atoms with Gasteiger partial charge in [0.25, 0.3) is 0 Å². The molecule has 8 aromatic carbocycles. The Balaban J connectivity index is 1.12. The summed E-state index contributed by atoms with van der Waals surface area (Å²) in [7, 11) is 0. The Morgan fingerprint density at radius 2 is 0.982 bits per heavy atom. The molecule has 0 atom stereocenters. The fourth-order valence-corrected chi connectivity index (χ4v) is 9.19. The Hall–Kier alpha value is -7.10. The van der Waals surface area contributed by atoms with Crippen LogP contribution in [0, 0.1) is 0 Å². The quantitative estimate of drug-likeness (QED) is 0.178. The molecule has 0 saturated carbocycles. The number of hydrogen-bond acceptors (Lipinski definition) is 2. The van der Waals surface area contributed by atoms with E-state index in [1.165, 1.54) is 55.1 Å². The van der Waals surface area contributed by atoms with E-state index in [0.717, 1.165) is 44.7 Å². The van der Waals surface area contributed by atoms with Crippen LogP contribution >= 0.6 is 0 Å². The van der Waals surface area contributed by atoms with Crippen LogP contribution in [0.25, 0.3) is 94.4 Å². The van der Waals surface area contributed by atoms with Gasteiger partial charge in [0.2, 0.25) is 0 Å². The molecule has 56 heavy (non-hydrogen) atoms. The first-order valence-corrected chi connectivity index (χ1v) is 19.3. The van der Waals surface area contributed by atoms with Crippen LogP contribution in [0.5, 0.6) is 0 Å². The molecule has 11 rings (SSSR count). The van der Waals surface area contributed by atoms with Gasteiger partial charge in [0.1, 0.15) is 0 Å². The minimum Gasteiger partial charge on any atom is -0.309 e. The van der Waals surface area contributed by atoms with Crippen LogP contribution < -0.4 is 0 Å². The van der Waals surface area contributed by atoms with Crippen LogP contribution in [0.15, 0.2) is 188 Å². The zero-order valence-corrected chi connectivity index (χ0v) is 31.2. The van der Waals surface area contributed by atoms with Gasteiger partial charge in [-0.15, -0.1) is 0 Å². The lowest BCUT2D eigenvalue weighted by Crippen LogP contribution is -2.14. The molecular formula is C53H37N3. The van der Waals surface area contributed by atoms with Gasteiger partial charge in [0, 0.05) is 38.6 Å². The molecule has 1 aliphatic rings. The Morgan fingerprint density at radius 3 is 1.79 bits per heavy atom. The van der Waals surface area contributed by atoms with Gasteiger partial charge in [-0.1, -0.05) is 166 Å². The highest BCUT2D eigenvalue weighted by Crippen LogP contribution is 2.50. The molecule has 0 aliphatic heterocycles. The van der Waals surface area contributed by atoms with Crippen LogP contribution in [-0.2, 0) is 5.41 Å². The molecule has 0 amide bonds. The highest BCUT2D eigenvalue weighted by Gasteiger charge is 2.35. The van der Waals surface area contributed by atoms with E-state index in [1.807, 2.05) is 6.07 Å². The topological polar surface area (TPSA) is 30.7 Å². The number of fused-ring (bicyclic) bond motifs is 7. The van der Waals surface area contributed by atoms with Gasteiger partial charge in [-0.05, 0) is 80.6 Å². The van der Waals surface area contributed by atoms with E-state index in [9.17, 15) is 0 Å². The summed E-state index contributed by atoms with van der Waals surface area (Å²) < 4.78 is 2.36. The zero-order valence-electron chi connectivity index (χ0n) is 31.2. The van der Waals surface area contributed by atoms with Gasteiger partial charge in [-0.2, -0.15) is 0 Å². The van der Waals surface area contributed by atoms with Gasteiger partial charge in [0.05, 0.1) is 22.4 Å². The molecule has 2 aromatic heterocycles. The Morgan fingerprint density at radius 1 is 0.393 bits per heavy atom. The first-order chi connectivity index (χ1) is 27.5. The van der Waals surface area contributed by atoms with Crippen LogP contribution in [-0.4, -0.2) is 14.5 Å². The lowest BCUT2D eigenvalue weighted by atomic mass is 9.82. The van der Waals surface area contributed by atoms with Crippen molar-refractivity contribution in [1.82, 2.24) is 14.5 Å². The molecule has 0 N–H and O–H groups in total. The predicted octanol–water partition coefficient (Wildman–Crippen LogP) is 13.7. The third-order valence-electron chi connectivity index (χ3n) is 11.8. The number of rotatable bonds is 5. The van der Waals surface area contributed by atoms with E-state index < -0.39 is 0 Å². The van der Waals surface area contributed by atoms with E-state index in [0.29, 0.717) is 5.82 Å². The average Bonchev–Trinajstić information content (AvgIpc) is 3.72. The molecule has 0 unspecified atom stereocenters. The molecule has 3 heteroatoms. The molecule has 0 bridgehead atoms. The third-order valence-corrected chi connectivity index (χ3v) is 11.8. The minimum atomic E-state index is -0.0294. The second-order valence-electron chi connectivity index (χ2n) is 15.4. The van der Waals surface area contributed by atoms with Crippen LogP contribution in [0.3, 0.4) is 0 Å². The SMILES string of the molecule is CC1(C)c2ccccc2-c2cc(-c3ccc(-c4cc(-c5cccc6c5c5ccccc5n6-c5ccccc5)nc(-c5ccccc5)n4)c4ccccc34)ccc21. The summed E-state index contributed by atoms with van der Waals surface area (Å²) in [6.45, 7) is 4.67. The summed E-state index contributed by atoms with van der Waals surface area (Å²) in [6, 6.07) is 67.6. The predicted molar refractivity (Wildman–Crippen MR) is 233 cm³/mol.